The summed E-state index contributed by atoms with van der Waals surface area (Å²) in [5.74, 6) is 1.50. The summed E-state index contributed by atoms with van der Waals surface area (Å²) >= 11 is 0. The first-order valence-corrected chi connectivity index (χ1v) is 10.2. The molecular formula is C24H31FN2. The summed E-state index contributed by atoms with van der Waals surface area (Å²) in [7, 11) is 1.97. The van der Waals surface area contributed by atoms with Crippen molar-refractivity contribution in [3.63, 3.8) is 0 Å². The van der Waals surface area contributed by atoms with E-state index in [4.69, 9.17) is 0 Å². The van der Waals surface area contributed by atoms with Gasteiger partial charge in [0.1, 0.15) is 5.82 Å². The van der Waals surface area contributed by atoms with E-state index < -0.39 is 0 Å². The Bertz CT molecular complexity index is 871. The van der Waals surface area contributed by atoms with Crippen LogP contribution in [0.5, 0.6) is 0 Å². The van der Waals surface area contributed by atoms with Gasteiger partial charge < -0.3 is 5.32 Å². The Morgan fingerprint density at radius 3 is 2.48 bits per heavy atom. The molecule has 2 aliphatic carbocycles. The van der Waals surface area contributed by atoms with Gasteiger partial charge in [0, 0.05) is 24.3 Å². The zero-order chi connectivity index (χ0) is 19.4. The molecule has 2 aromatic rings. The van der Waals surface area contributed by atoms with Crippen LogP contribution in [0.25, 0.3) is 10.9 Å². The molecule has 1 N–H and O–H groups in total. The van der Waals surface area contributed by atoms with Crippen molar-refractivity contribution in [2.24, 2.45) is 22.7 Å². The molecule has 5 atom stereocenters. The van der Waals surface area contributed by atoms with Gasteiger partial charge in [-0.1, -0.05) is 27.4 Å². The predicted molar refractivity (Wildman–Crippen MR) is 110 cm³/mol. The Kier molecular flexibility index (Phi) is 4.32. The third-order valence-electron chi connectivity index (χ3n) is 8.03. The standard InChI is InChI=1S/C24H31FN2/c1-15(16(2)26-5)17-11-23(3)13-18(14-24(23,4)12-17)20-8-9-27-22-7-6-19(25)10-21(20)22/h6-10,15,17-18,26H,2,11-14H2,1,3-5H3/t15?,17-,18+,23-,24+. The van der Waals surface area contributed by atoms with Crippen LogP contribution >= 0.6 is 0 Å². The fourth-order valence-electron chi connectivity index (χ4n) is 6.12. The lowest BCUT2D eigenvalue weighted by atomic mass is 9.71. The number of benzene rings is 1. The van der Waals surface area contributed by atoms with E-state index in [1.165, 1.54) is 37.3 Å². The molecule has 1 heterocycles. The molecule has 0 amide bonds. The van der Waals surface area contributed by atoms with Crippen LogP contribution in [-0.2, 0) is 0 Å². The first kappa shape index (κ1) is 18.5. The molecule has 0 saturated heterocycles. The maximum absolute atomic E-state index is 13.9. The van der Waals surface area contributed by atoms with E-state index in [0.29, 0.717) is 28.6 Å². The molecule has 4 rings (SSSR count). The molecule has 3 heteroatoms. The third-order valence-corrected chi connectivity index (χ3v) is 8.03. The number of allylic oxidation sites excluding steroid dienone is 1. The number of hydrogen-bond acceptors (Lipinski definition) is 2. The first-order valence-electron chi connectivity index (χ1n) is 10.2. The fourth-order valence-corrected chi connectivity index (χ4v) is 6.12. The van der Waals surface area contributed by atoms with E-state index in [-0.39, 0.29) is 5.82 Å². The average Bonchev–Trinajstić information content (AvgIpc) is 3.04. The van der Waals surface area contributed by atoms with Gasteiger partial charge in [-0.2, -0.15) is 0 Å². The Hall–Kier alpha value is -1.90. The second-order valence-corrected chi connectivity index (χ2v) is 9.52. The minimum atomic E-state index is -0.174. The van der Waals surface area contributed by atoms with E-state index in [2.05, 4.69) is 43.7 Å². The van der Waals surface area contributed by atoms with E-state index >= 15 is 0 Å². The van der Waals surface area contributed by atoms with Crippen LogP contribution in [0.2, 0.25) is 0 Å². The quantitative estimate of drug-likeness (QED) is 0.713. The molecule has 1 aromatic carbocycles. The normalized spacial score (nSPS) is 33.8. The summed E-state index contributed by atoms with van der Waals surface area (Å²) in [5.41, 5.74) is 3.99. The lowest BCUT2D eigenvalue weighted by molar-refractivity contribution is 0.157. The molecule has 0 bridgehead atoms. The number of rotatable bonds is 4. The summed E-state index contributed by atoms with van der Waals surface area (Å²) in [4.78, 5) is 4.44. The van der Waals surface area contributed by atoms with Gasteiger partial charge >= 0.3 is 0 Å². The molecule has 1 unspecified atom stereocenters. The number of pyridine rings is 1. The lowest BCUT2D eigenvalue weighted by Gasteiger charge is -2.34. The molecule has 2 aliphatic rings. The van der Waals surface area contributed by atoms with E-state index in [9.17, 15) is 4.39 Å². The van der Waals surface area contributed by atoms with Crippen molar-refractivity contribution < 1.29 is 4.39 Å². The highest BCUT2D eigenvalue weighted by molar-refractivity contribution is 5.82. The Labute approximate surface area is 162 Å². The number of halogens is 1. The van der Waals surface area contributed by atoms with E-state index in [0.717, 1.165) is 16.6 Å². The number of fused-ring (bicyclic) bond motifs is 2. The van der Waals surface area contributed by atoms with Crippen molar-refractivity contribution in [3.05, 3.63) is 54.1 Å². The number of nitrogens with zero attached hydrogens (tertiary/aromatic N) is 1. The SMILES string of the molecule is C=C(NC)C(C)[C@@H]1C[C@]2(C)C[C@H](c3ccnc4ccc(F)cc34)C[C@]2(C)C1. The van der Waals surface area contributed by atoms with Gasteiger partial charge in [0.25, 0.3) is 0 Å². The molecule has 2 fully saturated rings. The monoisotopic (exact) mass is 366 g/mol. The average molecular weight is 367 g/mol. The maximum Gasteiger partial charge on any atom is 0.123 e. The largest absolute Gasteiger partial charge is 0.392 e. The second kappa shape index (κ2) is 6.32. The highest BCUT2D eigenvalue weighted by Crippen LogP contribution is 2.69. The maximum atomic E-state index is 13.9. The van der Waals surface area contributed by atoms with Gasteiger partial charge in [-0.25, -0.2) is 4.39 Å². The zero-order valence-corrected chi connectivity index (χ0v) is 17.0. The van der Waals surface area contributed by atoms with Crippen LogP contribution in [0.3, 0.4) is 0 Å². The lowest BCUT2D eigenvalue weighted by Crippen LogP contribution is -2.25. The smallest absolute Gasteiger partial charge is 0.123 e. The highest BCUT2D eigenvalue weighted by atomic mass is 19.1. The van der Waals surface area contributed by atoms with Crippen LogP contribution in [0, 0.1) is 28.5 Å². The van der Waals surface area contributed by atoms with Crippen LogP contribution in [0.4, 0.5) is 4.39 Å². The number of aromatic nitrogens is 1. The first-order chi connectivity index (χ1) is 12.8. The Balaban J connectivity index is 1.63. The second-order valence-electron chi connectivity index (χ2n) is 9.52. The van der Waals surface area contributed by atoms with Gasteiger partial charge in [-0.15, -0.1) is 0 Å². The fraction of sp³-hybridized carbons (Fsp3) is 0.542. The van der Waals surface area contributed by atoms with Gasteiger partial charge in [0.2, 0.25) is 0 Å². The molecule has 144 valence electrons. The van der Waals surface area contributed by atoms with Crippen LogP contribution in [0.15, 0.2) is 42.7 Å². The molecule has 2 saturated carbocycles. The highest BCUT2D eigenvalue weighted by Gasteiger charge is 2.58. The van der Waals surface area contributed by atoms with E-state index in [1.807, 2.05) is 13.2 Å². The summed E-state index contributed by atoms with van der Waals surface area (Å²) < 4.78 is 13.9. The molecular weight excluding hydrogens is 335 g/mol. The van der Waals surface area contributed by atoms with Crippen LogP contribution < -0.4 is 5.32 Å². The molecule has 1 aromatic heterocycles. The van der Waals surface area contributed by atoms with E-state index in [1.54, 1.807) is 12.1 Å². The summed E-state index contributed by atoms with van der Waals surface area (Å²) in [6.07, 6.45) is 6.73. The van der Waals surface area contributed by atoms with Crippen LogP contribution in [-0.4, -0.2) is 12.0 Å². The van der Waals surface area contributed by atoms with Crippen molar-refractivity contribution in [1.29, 1.82) is 0 Å². The van der Waals surface area contributed by atoms with Crippen molar-refractivity contribution in [1.82, 2.24) is 10.3 Å². The third kappa shape index (κ3) is 2.86. The summed E-state index contributed by atoms with van der Waals surface area (Å²) in [6.45, 7) is 11.5. The molecule has 27 heavy (non-hydrogen) atoms. The van der Waals surface area contributed by atoms with Crippen LogP contribution in [0.1, 0.15) is 57.9 Å². The number of nitrogens with one attached hydrogen (secondary N) is 1. The molecule has 0 aliphatic heterocycles. The topological polar surface area (TPSA) is 24.9 Å². The molecule has 0 spiro atoms. The van der Waals surface area contributed by atoms with Crippen molar-refractivity contribution in [2.45, 2.75) is 52.4 Å². The minimum Gasteiger partial charge on any atom is -0.392 e. The predicted octanol–water partition coefficient (Wildman–Crippen LogP) is 6.04. The molecule has 2 nitrogen and oxygen atoms in total. The van der Waals surface area contributed by atoms with Crippen molar-refractivity contribution in [3.8, 4) is 0 Å². The van der Waals surface area contributed by atoms with Gasteiger partial charge in [0.05, 0.1) is 5.52 Å². The Morgan fingerprint density at radius 2 is 1.85 bits per heavy atom. The summed E-state index contributed by atoms with van der Waals surface area (Å²) in [5, 5.41) is 4.24. The van der Waals surface area contributed by atoms with Crippen molar-refractivity contribution >= 4 is 10.9 Å². The molecule has 0 radical (unpaired) electrons. The van der Waals surface area contributed by atoms with Crippen molar-refractivity contribution in [2.75, 3.05) is 7.05 Å². The zero-order valence-electron chi connectivity index (χ0n) is 17.0. The van der Waals surface area contributed by atoms with Gasteiger partial charge in [0.15, 0.2) is 0 Å². The number of hydrogen-bond donors (Lipinski definition) is 1. The Morgan fingerprint density at radius 1 is 1.19 bits per heavy atom. The van der Waals surface area contributed by atoms with Gasteiger partial charge in [-0.3, -0.25) is 4.98 Å². The van der Waals surface area contributed by atoms with Gasteiger partial charge in [-0.05, 0) is 84.1 Å². The minimum absolute atomic E-state index is 0.174. The summed E-state index contributed by atoms with van der Waals surface area (Å²) in [6, 6.07) is 7.08.